The molecule has 0 bridgehead atoms. The molecule has 156 valence electrons. The van der Waals surface area contributed by atoms with Crippen LogP contribution in [0, 0.1) is 12.7 Å². The van der Waals surface area contributed by atoms with Crippen molar-refractivity contribution in [2.45, 2.75) is 20.3 Å². The third kappa shape index (κ3) is 4.28. The summed E-state index contributed by atoms with van der Waals surface area (Å²) in [5.74, 6) is -0.305. The number of halogens is 1. The van der Waals surface area contributed by atoms with Crippen LogP contribution < -0.4 is 0 Å². The van der Waals surface area contributed by atoms with E-state index in [0.717, 1.165) is 42.9 Å². The van der Waals surface area contributed by atoms with E-state index in [9.17, 15) is 9.18 Å². The van der Waals surface area contributed by atoms with E-state index in [1.54, 1.807) is 23.0 Å². The number of hydrogen-bond acceptors (Lipinski definition) is 3. The molecule has 1 fully saturated rings. The molecule has 0 N–H and O–H groups in total. The molecule has 5 nitrogen and oxygen atoms in total. The molecule has 0 atom stereocenters. The van der Waals surface area contributed by atoms with Gasteiger partial charge in [0.05, 0.1) is 11.3 Å². The first-order valence-electron chi connectivity index (χ1n) is 10.5. The van der Waals surface area contributed by atoms with Gasteiger partial charge in [0.2, 0.25) is 0 Å². The van der Waals surface area contributed by atoms with Gasteiger partial charge in [0, 0.05) is 37.9 Å². The molecule has 0 spiro atoms. The van der Waals surface area contributed by atoms with E-state index in [0.29, 0.717) is 24.3 Å². The normalized spacial score (nSPS) is 14.8. The van der Waals surface area contributed by atoms with Gasteiger partial charge in [-0.25, -0.2) is 9.07 Å². The summed E-state index contributed by atoms with van der Waals surface area (Å²) in [6.45, 7) is 8.50. The van der Waals surface area contributed by atoms with Gasteiger partial charge in [-0.1, -0.05) is 36.8 Å². The van der Waals surface area contributed by atoms with Crippen molar-refractivity contribution in [1.29, 1.82) is 0 Å². The molecular formula is C24H27FN4O. The van der Waals surface area contributed by atoms with Crippen molar-refractivity contribution in [3.05, 3.63) is 71.7 Å². The molecule has 0 aliphatic carbocycles. The molecule has 0 saturated carbocycles. The molecule has 30 heavy (non-hydrogen) atoms. The Hall–Kier alpha value is -2.99. The summed E-state index contributed by atoms with van der Waals surface area (Å²) in [7, 11) is 0. The summed E-state index contributed by atoms with van der Waals surface area (Å²) in [4.78, 5) is 17.7. The Kier molecular flexibility index (Phi) is 5.95. The average Bonchev–Trinajstić information content (AvgIpc) is 3.20. The molecule has 1 aromatic heterocycles. The Labute approximate surface area is 176 Å². The van der Waals surface area contributed by atoms with Gasteiger partial charge in [-0.2, -0.15) is 5.10 Å². The van der Waals surface area contributed by atoms with E-state index in [4.69, 9.17) is 5.10 Å². The van der Waals surface area contributed by atoms with Crippen molar-refractivity contribution in [2.75, 3.05) is 32.7 Å². The molecule has 2 aromatic carbocycles. The summed E-state index contributed by atoms with van der Waals surface area (Å²) < 4.78 is 15.0. The number of hydrogen-bond donors (Lipinski definition) is 0. The minimum Gasteiger partial charge on any atom is -0.336 e. The standard InChI is InChI=1S/C24H27FN4O/c1-3-12-27-13-15-28(16-14-27)24(30)22-17-29(21-10-8-20(25)9-11-21)26-23(22)19-6-4-18(2)5-7-19/h4-11,17H,3,12-16H2,1-2H3. The predicted octanol–water partition coefficient (Wildman–Crippen LogP) is 4.15. The van der Waals surface area contributed by atoms with Gasteiger partial charge in [-0.05, 0) is 44.2 Å². The molecule has 1 saturated heterocycles. The highest BCUT2D eigenvalue weighted by molar-refractivity contribution is 6.00. The number of rotatable bonds is 5. The minimum absolute atomic E-state index is 0.00455. The number of piperazine rings is 1. The van der Waals surface area contributed by atoms with Crippen molar-refractivity contribution < 1.29 is 9.18 Å². The largest absolute Gasteiger partial charge is 0.336 e. The molecule has 1 aliphatic rings. The van der Waals surface area contributed by atoms with Crippen LogP contribution in [0.15, 0.2) is 54.7 Å². The molecular weight excluding hydrogens is 379 g/mol. The first-order valence-corrected chi connectivity index (χ1v) is 10.5. The second-order valence-corrected chi connectivity index (χ2v) is 7.81. The lowest BCUT2D eigenvalue weighted by Crippen LogP contribution is -2.48. The number of amides is 1. The molecule has 1 aliphatic heterocycles. The van der Waals surface area contributed by atoms with Crippen molar-refractivity contribution in [1.82, 2.24) is 19.6 Å². The van der Waals surface area contributed by atoms with Gasteiger partial charge in [0.15, 0.2) is 0 Å². The fourth-order valence-corrected chi connectivity index (χ4v) is 3.84. The molecule has 2 heterocycles. The predicted molar refractivity (Wildman–Crippen MR) is 116 cm³/mol. The van der Waals surface area contributed by atoms with E-state index in [1.807, 2.05) is 36.1 Å². The zero-order valence-electron chi connectivity index (χ0n) is 17.5. The number of nitrogens with zero attached hydrogens (tertiary/aromatic N) is 4. The average molecular weight is 407 g/mol. The lowest BCUT2D eigenvalue weighted by molar-refractivity contribution is 0.0638. The lowest BCUT2D eigenvalue weighted by atomic mass is 10.1. The molecule has 3 aromatic rings. The maximum Gasteiger partial charge on any atom is 0.257 e. The van der Waals surface area contributed by atoms with Crippen LogP contribution in [-0.2, 0) is 0 Å². The summed E-state index contributed by atoms with van der Waals surface area (Å²) in [6.07, 6.45) is 2.89. The van der Waals surface area contributed by atoms with E-state index >= 15 is 0 Å². The van der Waals surface area contributed by atoms with Gasteiger partial charge in [-0.3, -0.25) is 9.69 Å². The second kappa shape index (κ2) is 8.79. The summed E-state index contributed by atoms with van der Waals surface area (Å²) >= 11 is 0. The van der Waals surface area contributed by atoms with Crippen molar-refractivity contribution in [3.8, 4) is 16.9 Å². The minimum atomic E-state index is -0.300. The van der Waals surface area contributed by atoms with E-state index < -0.39 is 0 Å². The van der Waals surface area contributed by atoms with Crippen LogP contribution in [0.3, 0.4) is 0 Å². The zero-order chi connectivity index (χ0) is 21.1. The molecule has 6 heteroatoms. The highest BCUT2D eigenvalue weighted by Gasteiger charge is 2.26. The number of benzene rings is 2. The molecule has 0 radical (unpaired) electrons. The number of aromatic nitrogens is 2. The summed E-state index contributed by atoms with van der Waals surface area (Å²) in [5.41, 5.74) is 4.00. The molecule has 1 amide bonds. The monoisotopic (exact) mass is 406 g/mol. The Balaban J connectivity index is 1.67. The van der Waals surface area contributed by atoms with E-state index in [-0.39, 0.29) is 11.7 Å². The van der Waals surface area contributed by atoms with Crippen molar-refractivity contribution in [3.63, 3.8) is 0 Å². The zero-order valence-corrected chi connectivity index (χ0v) is 17.5. The SMILES string of the molecule is CCCN1CCN(C(=O)c2cn(-c3ccc(F)cc3)nc2-c2ccc(C)cc2)CC1. The van der Waals surface area contributed by atoms with Crippen molar-refractivity contribution in [2.24, 2.45) is 0 Å². The van der Waals surface area contributed by atoms with Crippen LogP contribution in [0.1, 0.15) is 29.3 Å². The highest BCUT2D eigenvalue weighted by Crippen LogP contribution is 2.26. The number of carbonyl (C=O) groups is 1. The fourth-order valence-electron chi connectivity index (χ4n) is 3.84. The first-order chi connectivity index (χ1) is 14.5. The summed E-state index contributed by atoms with van der Waals surface area (Å²) in [6, 6.07) is 14.1. The molecule has 0 unspecified atom stereocenters. The van der Waals surface area contributed by atoms with E-state index in [2.05, 4.69) is 11.8 Å². The summed E-state index contributed by atoms with van der Waals surface area (Å²) in [5, 5.41) is 4.71. The molecule has 4 rings (SSSR count). The highest BCUT2D eigenvalue weighted by atomic mass is 19.1. The number of carbonyl (C=O) groups excluding carboxylic acids is 1. The Morgan fingerprint density at radius 3 is 2.30 bits per heavy atom. The maximum atomic E-state index is 13.4. The lowest BCUT2D eigenvalue weighted by Gasteiger charge is -2.34. The smallest absolute Gasteiger partial charge is 0.257 e. The second-order valence-electron chi connectivity index (χ2n) is 7.81. The Bertz CT molecular complexity index is 1000. The van der Waals surface area contributed by atoms with Gasteiger partial charge >= 0.3 is 0 Å². The van der Waals surface area contributed by atoms with Gasteiger partial charge in [0.1, 0.15) is 11.5 Å². The quantitative estimate of drug-likeness (QED) is 0.639. The van der Waals surface area contributed by atoms with Crippen molar-refractivity contribution >= 4 is 5.91 Å². The van der Waals surface area contributed by atoms with Gasteiger partial charge in [0.25, 0.3) is 5.91 Å². The Morgan fingerprint density at radius 2 is 1.67 bits per heavy atom. The first kappa shape index (κ1) is 20.3. The number of aryl methyl sites for hydroxylation is 1. The van der Waals surface area contributed by atoms with Crippen LogP contribution in [0.5, 0.6) is 0 Å². The van der Waals surface area contributed by atoms with Crippen LogP contribution in [0.4, 0.5) is 4.39 Å². The van der Waals surface area contributed by atoms with E-state index in [1.165, 1.54) is 12.1 Å². The maximum absolute atomic E-state index is 13.4. The topological polar surface area (TPSA) is 41.4 Å². The van der Waals surface area contributed by atoms with Crippen LogP contribution in [0.25, 0.3) is 16.9 Å². The van der Waals surface area contributed by atoms with Crippen LogP contribution >= 0.6 is 0 Å². The fraction of sp³-hybridized carbons (Fsp3) is 0.333. The third-order valence-electron chi connectivity index (χ3n) is 5.56. The van der Waals surface area contributed by atoms with Gasteiger partial charge in [-0.15, -0.1) is 0 Å². The third-order valence-corrected chi connectivity index (χ3v) is 5.56. The Morgan fingerprint density at radius 1 is 1.00 bits per heavy atom. The van der Waals surface area contributed by atoms with Crippen LogP contribution in [-0.4, -0.2) is 58.2 Å². The van der Waals surface area contributed by atoms with Gasteiger partial charge < -0.3 is 4.90 Å². The van der Waals surface area contributed by atoms with Crippen LogP contribution in [0.2, 0.25) is 0 Å².